The maximum Gasteiger partial charge on any atom is 0.252 e. The van der Waals surface area contributed by atoms with Gasteiger partial charge >= 0.3 is 0 Å². The van der Waals surface area contributed by atoms with Crippen molar-refractivity contribution in [2.24, 2.45) is 24.4 Å². The molecular formula is C20H26FN7O. The fourth-order valence-electron chi connectivity index (χ4n) is 3.29. The number of aryl methyl sites for hydroxylation is 1. The molecule has 2 heterocycles. The fourth-order valence-corrected chi connectivity index (χ4v) is 3.29. The Morgan fingerprint density at radius 1 is 1.21 bits per heavy atom. The van der Waals surface area contributed by atoms with Gasteiger partial charge in [-0.2, -0.15) is 5.10 Å². The van der Waals surface area contributed by atoms with Crippen molar-refractivity contribution in [3.05, 3.63) is 41.8 Å². The molecule has 6 N–H and O–H groups in total. The van der Waals surface area contributed by atoms with Crippen molar-refractivity contribution in [2.75, 3.05) is 10.6 Å². The minimum Gasteiger partial charge on any atom is -0.365 e. The van der Waals surface area contributed by atoms with Crippen LogP contribution in [-0.2, 0) is 7.05 Å². The van der Waals surface area contributed by atoms with Crippen molar-refractivity contribution in [3.8, 4) is 0 Å². The van der Waals surface area contributed by atoms with Gasteiger partial charge in [0, 0.05) is 30.2 Å². The second-order valence-electron chi connectivity index (χ2n) is 7.52. The van der Waals surface area contributed by atoms with Crippen LogP contribution in [0.25, 0.3) is 10.9 Å². The fraction of sp³-hybridized carbons (Fsp3) is 0.350. The van der Waals surface area contributed by atoms with Gasteiger partial charge in [-0.3, -0.25) is 9.48 Å². The molecule has 0 aliphatic rings. The van der Waals surface area contributed by atoms with Gasteiger partial charge < -0.3 is 22.1 Å². The molecule has 2 aromatic heterocycles. The Hall–Kier alpha value is -3.20. The zero-order chi connectivity index (χ0) is 21.3. The Kier molecular flexibility index (Phi) is 5.69. The maximum atomic E-state index is 14.6. The maximum absolute atomic E-state index is 14.6. The predicted molar refractivity (Wildman–Crippen MR) is 113 cm³/mol. The lowest BCUT2D eigenvalue weighted by Gasteiger charge is -2.27. The van der Waals surface area contributed by atoms with Crippen LogP contribution >= 0.6 is 0 Å². The quantitative estimate of drug-likeness (QED) is 0.484. The number of carbonyl (C=O) groups is 1. The first kappa shape index (κ1) is 20.5. The first-order valence-electron chi connectivity index (χ1n) is 9.38. The minimum absolute atomic E-state index is 0.00936. The molecule has 0 fully saturated rings. The molecule has 154 valence electrons. The highest BCUT2D eigenvalue weighted by atomic mass is 19.1. The summed E-state index contributed by atoms with van der Waals surface area (Å²) in [6.45, 7) is 5.81. The second kappa shape index (κ2) is 8.04. The lowest BCUT2D eigenvalue weighted by atomic mass is 9.98. The molecule has 0 unspecified atom stereocenters. The smallest absolute Gasteiger partial charge is 0.252 e. The second-order valence-corrected chi connectivity index (χ2v) is 7.52. The van der Waals surface area contributed by atoms with E-state index in [4.69, 9.17) is 11.5 Å². The Morgan fingerprint density at radius 2 is 1.93 bits per heavy atom. The van der Waals surface area contributed by atoms with E-state index in [0.717, 1.165) is 17.0 Å². The van der Waals surface area contributed by atoms with Crippen LogP contribution in [0.2, 0.25) is 0 Å². The first-order chi connectivity index (χ1) is 13.7. The summed E-state index contributed by atoms with van der Waals surface area (Å²) in [5.41, 5.74) is 13.0. The molecule has 0 spiro atoms. The standard InChI is InChI=1S/C20H26FN7O/c1-10(2)17(11(3)22)26-20-15(21)8-14(18(23)29)19(27-20)25-13-6-5-12-9-24-28(4)16(12)7-13/h5-11,17H,22H2,1-4H3,(H2,23,29)(H2,25,26,27)/t11-,17+/m0/s1. The Bertz CT molecular complexity index is 1040. The number of hydrogen-bond acceptors (Lipinski definition) is 6. The number of anilines is 3. The summed E-state index contributed by atoms with van der Waals surface area (Å²) < 4.78 is 16.4. The van der Waals surface area contributed by atoms with Crippen molar-refractivity contribution in [1.29, 1.82) is 0 Å². The molecule has 0 aliphatic heterocycles. The third-order valence-corrected chi connectivity index (χ3v) is 4.84. The number of amides is 1. The molecule has 3 rings (SSSR count). The molecule has 9 heteroatoms. The van der Waals surface area contributed by atoms with Gasteiger partial charge in [-0.25, -0.2) is 9.37 Å². The molecule has 0 radical (unpaired) electrons. The lowest BCUT2D eigenvalue weighted by Crippen LogP contribution is -2.42. The van der Waals surface area contributed by atoms with Crippen LogP contribution in [-0.4, -0.2) is 32.8 Å². The van der Waals surface area contributed by atoms with Crippen molar-refractivity contribution in [1.82, 2.24) is 14.8 Å². The highest BCUT2D eigenvalue weighted by Gasteiger charge is 2.22. The van der Waals surface area contributed by atoms with Gasteiger partial charge in [0.05, 0.1) is 17.3 Å². The highest BCUT2D eigenvalue weighted by molar-refractivity contribution is 5.99. The van der Waals surface area contributed by atoms with Gasteiger partial charge in [-0.05, 0) is 37.1 Å². The average Bonchev–Trinajstić information content (AvgIpc) is 3.01. The zero-order valence-corrected chi connectivity index (χ0v) is 16.9. The van der Waals surface area contributed by atoms with Gasteiger partial charge in [-0.15, -0.1) is 0 Å². The molecule has 0 bridgehead atoms. The third-order valence-electron chi connectivity index (χ3n) is 4.84. The number of nitrogens with one attached hydrogen (secondary N) is 2. The Balaban J connectivity index is 2.01. The van der Waals surface area contributed by atoms with Crippen molar-refractivity contribution < 1.29 is 9.18 Å². The topological polar surface area (TPSA) is 124 Å². The summed E-state index contributed by atoms with van der Waals surface area (Å²) >= 11 is 0. The summed E-state index contributed by atoms with van der Waals surface area (Å²) in [4.78, 5) is 16.2. The van der Waals surface area contributed by atoms with E-state index in [0.29, 0.717) is 5.69 Å². The van der Waals surface area contributed by atoms with Crippen molar-refractivity contribution in [3.63, 3.8) is 0 Å². The summed E-state index contributed by atoms with van der Waals surface area (Å²) in [7, 11) is 1.83. The summed E-state index contributed by atoms with van der Waals surface area (Å²) in [5, 5.41) is 11.3. The number of aromatic nitrogens is 3. The largest absolute Gasteiger partial charge is 0.365 e. The molecule has 0 saturated heterocycles. The number of primary amides is 1. The van der Waals surface area contributed by atoms with Gasteiger partial charge in [0.25, 0.3) is 5.91 Å². The Labute approximate surface area is 168 Å². The SMILES string of the molecule is CC(C)[C@@H](Nc1nc(Nc2ccc3cnn(C)c3c2)c(C(N)=O)cc1F)[C@H](C)N. The number of pyridine rings is 1. The average molecular weight is 399 g/mol. The highest BCUT2D eigenvalue weighted by Crippen LogP contribution is 2.27. The van der Waals surface area contributed by atoms with E-state index in [2.05, 4.69) is 20.7 Å². The number of benzene rings is 1. The van der Waals surface area contributed by atoms with Gasteiger partial charge in [0.15, 0.2) is 11.6 Å². The van der Waals surface area contributed by atoms with E-state index in [1.54, 1.807) is 10.9 Å². The van der Waals surface area contributed by atoms with Crippen molar-refractivity contribution in [2.45, 2.75) is 32.9 Å². The van der Waals surface area contributed by atoms with Crippen molar-refractivity contribution >= 4 is 34.1 Å². The summed E-state index contributed by atoms with van der Waals surface area (Å²) in [6, 6.07) is 6.24. The van der Waals surface area contributed by atoms with Crippen LogP contribution < -0.4 is 22.1 Å². The van der Waals surface area contributed by atoms with E-state index in [1.165, 1.54) is 0 Å². The van der Waals surface area contributed by atoms with Crippen LogP contribution in [0.3, 0.4) is 0 Å². The van der Waals surface area contributed by atoms with E-state index < -0.39 is 11.7 Å². The normalized spacial score (nSPS) is 13.5. The third kappa shape index (κ3) is 4.29. The molecule has 1 aromatic carbocycles. The molecule has 2 atom stereocenters. The predicted octanol–water partition coefficient (Wildman–Crippen LogP) is 2.73. The number of rotatable bonds is 7. The van der Waals surface area contributed by atoms with E-state index >= 15 is 0 Å². The molecule has 3 aromatic rings. The molecule has 1 amide bonds. The van der Waals surface area contributed by atoms with E-state index in [1.807, 2.05) is 46.0 Å². The van der Waals surface area contributed by atoms with Gasteiger partial charge in [0.1, 0.15) is 5.82 Å². The minimum atomic E-state index is -0.778. The monoisotopic (exact) mass is 399 g/mol. The van der Waals surface area contributed by atoms with Gasteiger partial charge in [-0.1, -0.05) is 13.8 Å². The number of nitrogens with two attached hydrogens (primary N) is 2. The van der Waals surface area contributed by atoms with E-state index in [-0.39, 0.29) is 35.2 Å². The van der Waals surface area contributed by atoms with Crippen LogP contribution in [0.1, 0.15) is 31.1 Å². The molecule has 0 aliphatic carbocycles. The number of fused-ring (bicyclic) bond motifs is 1. The molecule has 29 heavy (non-hydrogen) atoms. The first-order valence-corrected chi connectivity index (χ1v) is 9.38. The lowest BCUT2D eigenvalue weighted by molar-refractivity contribution is 0.100. The number of nitrogens with zero attached hydrogens (tertiary/aromatic N) is 3. The number of carbonyl (C=O) groups excluding carboxylic acids is 1. The number of hydrogen-bond donors (Lipinski definition) is 4. The summed E-state index contributed by atoms with van der Waals surface area (Å²) in [6.07, 6.45) is 1.76. The Morgan fingerprint density at radius 3 is 2.55 bits per heavy atom. The van der Waals surface area contributed by atoms with Crippen LogP contribution in [0.15, 0.2) is 30.5 Å². The van der Waals surface area contributed by atoms with Crippen LogP contribution in [0.4, 0.5) is 21.7 Å². The molecular weight excluding hydrogens is 373 g/mol. The van der Waals surface area contributed by atoms with Crippen LogP contribution in [0.5, 0.6) is 0 Å². The zero-order valence-electron chi connectivity index (χ0n) is 16.9. The molecule has 8 nitrogen and oxygen atoms in total. The van der Waals surface area contributed by atoms with Gasteiger partial charge in [0.2, 0.25) is 0 Å². The number of halogens is 1. The molecule has 0 saturated carbocycles. The summed E-state index contributed by atoms with van der Waals surface area (Å²) in [5.74, 6) is -1.13. The van der Waals surface area contributed by atoms with E-state index in [9.17, 15) is 9.18 Å². The van der Waals surface area contributed by atoms with Crippen LogP contribution in [0, 0.1) is 11.7 Å².